The van der Waals surface area contributed by atoms with E-state index in [1.165, 1.54) is 17.8 Å². The van der Waals surface area contributed by atoms with E-state index >= 15 is 0 Å². The van der Waals surface area contributed by atoms with Gasteiger partial charge in [-0.25, -0.2) is 14.5 Å². The molecule has 154 valence electrons. The van der Waals surface area contributed by atoms with Crippen molar-refractivity contribution < 1.29 is 14.4 Å². The zero-order valence-electron chi connectivity index (χ0n) is 16.3. The van der Waals surface area contributed by atoms with E-state index in [2.05, 4.69) is 4.98 Å². The highest BCUT2D eigenvalue weighted by molar-refractivity contribution is 6.30. The van der Waals surface area contributed by atoms with Gasteiger partial charge in [-0.2, -0.15) is 4.74 Å². The second-order valence-electron chi connectivity index (χ2n) is 6.70. The highest BCUT2D eigenvalue weighted by Gasteiger charge is 2.22. The number of hydrogen-bond acceptors (Lipinski definition) is 5. The molecule has 0 aliphatic carbocycles. The van der Waals surface area contributed by atoms with Gasteiger partial charge in [0.2, 0.25) is 0 Å². The van der Waals surface area contributed by atoms with Crippen molar-refractivity contribution in [2.45, 2.75) is 20.4 Å². The maximum Gasteiger partial charge on any atom is 0.356 e. The highest BCUT2D eigenvalue weighted by Crippen LogP contribution is 2.24. The van der Waals surface area contributed by atoms with Crippen LogP contribution in [0.3, 0.4) is 0 Å². The summed E-state index contributed by atoms with van der Waals surface area (Å²) in [6, 6.07) is 8.15. The van der Waals surface area contributed by atoms with Gasteiger partial charge in [-0.15, -0.1) is 0 Å². The average Bonchev–Trinajstić information content (AvgIpc) is 3.13. The Morgan fingerprint density at radius 3 is 2.40 bits per heavy atom. The molecule has 0 amide bonds. The van der Waals surface area contributed by atoms with Crippen molar-refractivity contribution in [1.29, 1.82) is 0 Å². The molecule has 4 rings (SSSR count). The third-order valence-electron chi connectivity index (χ3n) is 4.91. The second-order valence-corrected chi connectivity index (χ2v) is 7.09. The summed E-state index contributed by atoms with van der Waals surface area (Å²) in [5.74, 6) is -0.787. The molecule has 30 heavy (non-hydrogen) atoms. The van der Waals surface area contributed by atoms with Crippen LogP contribution in [0.2, 0.25) is 5.15 Å². The Hall–Kier alpha value is -3.59. The Balaban J connectivity index is 1.95. The monoisotopic (exact) mass is 428 g/mol. The van der Waals surface area contributed by atoms with Crippen LogP contribution in [0.15, 0.2) is 44.4 Å². The largest absolute Gasteiger partial charge is 0.476 e. The Kier molecular flexibility index (Phi) is 4.62. The van der Waals surface area contributed by atoms with Crippen molar-refractivity contribution in [3.8, 4) is 16.8 Å². The van der Waals surface area contributed by atoms with Gasteiger partial charge in [0.05, 0.1) is 16.6 Å². The number of hydrogen-bond donors (Lipinski definition) is 1. The number of aromatic nitrogens is 4. The Labute approximate surface area is 174 Å². The van der Waals surface area contributed by atoms with Gasteiger partial charge in [-0.1, -0.05) is 23.7 Å². The van der Waals surface area contributed by atoms with E-state index in [-0.39, 0.29) is 27.3 Å². The maximum atomic E-state index is 13.1. The highest BCUT2D eigenvalue weighted by atomic mass is 35.5. The lowest BCUT2D eigenvalue weighted by Gasteiger charge is -2.12. The molecule has 10 heteroatoms. The first-order valence-electron chi connectivity index (χ1n) is 9.07. The van der Waals surface area contributed by atoms with Crippen LogP contribution in [0.5, 0.6) is 0 Å². The fourth-order valence-corrected chi connectivity index (χ4v) is 3.85. The topological polar surface area (TPSA) is 112 Å². The van der Waals surface area contributed by atoms with Gasteiger partial charge in [0.25, 0.3) is 11.1 Å². The molecule has 0 atom stereocenters. The van der Waals surface area contributed by atoms with Crippen molar-refractivity contribution in [3.05, 3.63) is 67.6 Å². The number of carboxylic acid groups (broad SMARTS) is 1. The summed E-state index contributed by atoms with van der Waals surface area (Å²) in [5.41, 5.74) is 0.832. The van der Waals surface area contributed by atoms with Gasteiger partial charge in [0, 0.05) is 13.6 Å². The summed E-state index contributed by atoms with van der Waals surface area (Å²) in [5, 5.41) is 9.62. The van der Waals surface area contributed by atoms with Crippen molar-refractivity contribution >= 4 is 28.5 Å². The number of fused-ring (bicyclic) bond motifs is 1. The third kappa shape index (κ3) is 2.86. The van der Waals surface area contributed by atoms with Crippen molar-refractivity contribution in [2.75, 3.05) is 0 Å². The van der Waals surface area contributed by atoms with Crippen molar-refractivity contribution in [1.82, 2.24) is 19.1 Å². The van der Waals surface area contributed by atoms with Crippen LogP contribution in [0.1, 0.15) is 23.2 Å². The molecule has 3 heterocycles. The van der Waals surface area contributed by atoms with Crippen LogP contribution in [0.4, 0.5) is 0 Å². The quantitative estimate of drug-likeness (QED) is 0.500. The average molecular weight is 429 g/mol. The molecular weight excluding hydrogens is 412 g/mol. The molecule has 0 unspecified atom stereocenters. The first-order chi connectivity index (χ1) is 14.2. The van der Waals surface area contributed by atoms with E-state index in [4.69, 9.17) is 16.1 Å². The number of aromatic carboxylic acids is 1. The number of aryl methyl sites for hydroxylation is 3. The molecule has 0 aliphatic rings. The smallest absolute Gasteiger partial charge is 0.356 e. The molecule has 0 bridgehead atoms. The molecule has 3 aromatic heterocycles. The molecule has 4 aromatic rings. The SMILES string of the molecule is CCn1c2c(C(=O)O)nc(Cl)cc2c(=O)n1-c1ccc(-c2c(C)on(C)c2=O)cc1. The molecule has 9 nitrogen and oxygen atoms in total. The number of halogens is 1. The Morgan fingerprint density at radius 1 is 1.20 bits per heavy atom. The summed E-state index contributed by atoms with van der Waals surface area (Å²) in [7, 11) is 1.53. The van der Waals surface area contributed by atoms with E-state index in [0.717, 1.165) is 4.74 Å². The summed E-state index contributed by atoms with van der Waals surface area (Å²) in [4.78, 5) is 40.9. The number of rotatable bonds is 4. The van der Waals surface area contributed by atoms with Gasteiger partial charge < -0.3 is 9.63 Å². The fourth-order valence-electron chi connectivity index (χ4n) is 3.66. The lowest BCUT2D eigenvalue weighted by molar-refractivity contribution is 0.0692. The zero-order chi connectivity index (χ0) is 21.7. The molecule has 0 saturated heterocycles. The first kappa shape index (κ1) is 19.7. The molecule has 0 saturated carbocycles. The molecule has 0 radical (unpaired) electrons. The molecule has 1 aromatic carbocycles. The van der Waals surface area contributed by atoms with Crippen LogP contribution in [-0.4, -0.2) is 30.2 Å². The molecular formula is C20H17ClN4O5. The lowest BCUT2D eigenvalue weighted by atomic mass is 10.1. The zero-order valence-corrected chi connectivity index (χ0v) is 17.1. The van der Waals surface area contributed by atoms with E-state index in [1.807, 2.05) is 0 Å². The van der Waals surface area contributed by atoms with Crippen LogP contribution in [-0.2, 0) is 13.6 Å². The minimum atomic E-state index is -1.27. The minimum Gasteiger partial charge on any atom is -0.476 e. The number of carbonyl (C=O) groups is 1. The lowest BCUT2D eigenvalue weighted by Crippen LogP contribution is -2.21. The Morgan fingerprint density at radius 2 is 1.87 bits per heavy atom. The van der Waals surface area contributed by atoms with Gasteiger partial charge in [0.15, 0.2) is 5.69 Å². The number of nitrogens with zero attached hydrogens (tertiary/aromatic N) is 4. The number of carboxylic acids is 1. The van der Waals surface area contributed by atoms with Crippen LogP contribution in [0, 0.1) is 6.92 Å². The fraction of sp³-hybridized carbons (Fsp3) is 0.200. The van der Waals surface area contributed by atoms with Gasteiger partial charge in [0.1, 0.15) is 16.4 Å². The van der Waals surface area contributed by atoms with Gasteiger partial charge >= 0.3 is 5.97 Å². The molecule has 0 aliphatic heterocycles. The predicted molar refractivity (Wildman–Crippen MR) is 111 cm³/mol. The standard InChI is InChI=1S/C20H17ClN4O5/c1-4-24-17-13(9-14(21)22-16(17)20(28)29)18(26)25(24)12-7-5-11(6-8-12)15-10(2)30-23(3)19(15)27/h5-9H,4H2,1-3H3,(H,28,29). The molecule has 0 spiro atoms. The molecule has 1 N–H and O–H groups in total. The molecule has 0 fully saturated rings. The van der Waals surface area contributed by atoms with Crippen molar-refractivity contribution in [3.63, 3.8) is 0 Å². The van der Waals surface area contributed by atoms with Gasteiger partial charge in [-0.3, -0.25) is 14.3 Å². The summed E-state index contributed by atoms with van der Waals surface area (Å²) >= 11 is 5.94. The number of benzene rings is 1. The summed E-state index contributed by atoms with van der Waals surface area (Å²) < 4.78 is 9.40. The van der Waals surface area contributed by atoms with Crippen LogP contribution < -0.4 is 11.1 Å². The van der Waals surface area contributed by atoms with E-state index in [9.17, 15) is 19.5 Å². The van der Waals surface area contributed by atoms with Crippen LogP contribution in [0.25, 0.3) is 27.7 Å². The maximum absolute atomic E-state index is 13.1. The number of pyridine rings is 1. The Bertz CT molecular complexity index is 1420. The second kappa shape index (κ2) is 7.03. The normalized spacial score (nSPS) is 11.3. The van der Waals surface area contributed by atoms with Crippen LogP contribution >= 0.6 is 11.6 Å². The summed E-state index contributed by atoms with van der Waals surface area (Å²) in [6.07, 6.45) is 0. The summed E-state index contributed by atoms with van der Waals surface area (Å²) in [6.45, 7) is 3.82. The van der Waals surface area contributed by atoms with Crippen molar-refractivity contribution in [2.24, 2.45) is 7.05 Å². The third-order valence-corrected chi connectivity index (χ3v) is 5.11. The predicted octanol–water partition coefficient (Wildman–Crippen LogP) is 2.83. The van der Waals surface area contributed by atoms with E-state index < -0.39 is 11.5 Å². The van der Waals surface area contributed by atoms with E-state index in [1.54, 1.807) is 42.8 Å². The first-order valence-corrected chi connectivity index (χ1v) is 9.45. The minimum absolute atomic E-state index is 0.0703. The van der Waals surface area contributed by atoms with Gasteiger partial charge in [-0.05, 0) is 37.6 Å². The van der Waals surface area contributed by atoms with E-state index in [0.29, 0.717) is 29.1 Å².